The monoisotopic (exact) mass is 265 g/mol. The largest absolute Gasteiger partial charge is 0.353 e. The first-order valence-electron chi connectivity index (χ1n) is 6.22. The van der Waals surface area contributed by atoms with Crippen molar-refractivity contribution in [3.05, 3.63) is 34.9 Å². The van der Waals surface area contributed by atoms with Crippen LogP contribution in [-0.4, -0.2) is 43.0 Å². The third-order valence-corrected chi connectivity index (χ3v) is 3.95. The number of halogens is 1. The molecule has 2 aliphatic heterocycles. The molecule has 2 fully saturated rings. The Bertz CT molecular complexity index is 448. The highest BCUT2D eigenvalue weighted by Crippen LogP contribution is 2.27. The van der Waals surface area contributed by atoms with E-state index in [-0.39, 0.29) is 11.9 Å². The zero-order chi connectivity index (χ0) is 12.5. The quantitative estimate of drug-likeness (QED) is 0.789. The van der Waals surface area contributed by atoms with Crippen LogP contribution in [0.3, 0.4) is 0 Å². The zero-order valence-corrected chi connectivity index (χ0v) is 10.8. The average molecular weight is 266 g/mol. The Kier molecular flexibility index (Phi) is 3.24. The van der Waals surface area contributed by atoms with Crippen LogP contribution in [0.1, 0.15) is 11.6 Å². The molecule has 18 heavy (non-hydrogen) atoms. The topological polar surface area (TPSA) is 44.4 Å². The summed E-state index contributed by atoms with van der Waals surface area (Å²) in [5.74, 6) is 0.118. The van der Waals surface area contributed by atoms with Crippen molar-refractivity contribution in [3.63, 3.8) is 0 Å². The summed E-state index contributed by atoms with van der Waals surface area (Å²) in [7, 11) is 0. The molecule has 2 aliphatic rings. The van der Waals surface area contributed by atoms with Crippen molar-refractivity contribution < 1.29 is 4.79 Å². The Morgan fingerprint density at radius 3 is 2.72 bits per heavy atom. The van der Waals surface area contributed by atoms with Crippen LogP contribution in [0.25, 0.3) is 0 Å². The van der Waals surface area contributed by atoms with Crippen molar-refractivity contribution in [1.29, 1.82) is 0 Å². The summed E-state index contributed by atoms with van der Waals surface area (Å²) in [6, 6.07) is 8.55. The van der Waals surface area contributed by atoms with Crippen LogP contribution < -0.4 is 10.6 Å². The number of hydrogen-bond donors (Lipinski definition) is 2. The van der Waals surface area contributed by atoms with Gasteiger partial charge in [-0.2, -0.15) is 0 Å². The number of amides is 1. The second-order valence-electron chi connectivity index (χ2n) is 4.86. The van der Waals surface area contributed by atoms with Crippen molar-refractivity contribution in [3.8, 4) is 0 Å². The van der Waals surface area contributed by atoms with Crippen molar-refractivity contribution in [2.24, 2.45) is 0 Å². The molecule has 2 unspecified atom stereocenters. The van der Waals surface area contributed by atoms with Gasteiger partial charge in [0.1, 0.15) is 0 Å². The summed E-state index contributed by atoms with van der Waals surface area (Å²) < 4.78 is 0. The molecule has 0 aliphatic carbocycles. The Labute approximate surface area is 111 Å². The van der Waals surface area contributed by atoms with Gasteiger partial charge in [-0.1, -0.05) is 23.7 Å². The molecule has 96 valence electrons. The summed E-state index contributed by atoms with van der Waals surface area (Å²) in [6.07, 6.45) is 0. The Morgan fingerprint density at radius 1 is 1.17 bits per heavy atom. The van der Waals surface area contributed by atoms with Gasteiger partial charge in [0.25, 0.3) is 0 Å². The molecule has 2 saturated heterocycles. The van der Waals surface area contributed by atoms with Crippen molar-refractivity contribution in [2.75, 3.05) is 26.2 Å². The normalized spacial score (nSPS) is 28.6. The summed E-state index contributed by atoms with van der Waals surface area (Å²) >= 11 is 5.92. The number of hydrogen-bond acceptors (Lipinski definition) is 3. The van der Waals surface area contributed by atoms with Gasteiger partial charge in [0, 0.05) is 36.7 Å². The lowest BCUT2D eigenvalue weighted by Crippen LogP contribution is -2.62. The van der Waals surface area contributed by atoms with Crippen molar-refractivity contribution in [1.82, 2.24) is 15.5 Å². The summed E-state index contributed by atoms with van der Waals surface area (Å²) in [4.78, 5) is 13.8. The fraction of sp³-hybridized carbons (Fsp3) is 0.462. The van der Waals surface area contributed by atoms with E-state index in [1.54, 1.807) is 0 Å². The summed E-state index contributed by atoms with van der Waals surface area (Å²) in [5.41, 5.74) is 1.21. The van der Waals surface area contributed by atoms with E-state index in [4.69, 9.17) is 11.6 Å². The molecule has 1 aromatic carbocycles. The zero-order valence-electron chi connectivity index (χ0n) is 10.0. The van der Waals surface area contributed by atoms with Crippen LogP contribution in [0.2, 0.25) is 5.02 Å². The third kappa shape index (κ3) is 2.23. The molecule has 2 heterocycles. The first-order valence-corrected chi connectivity index (χ1v) is 6.60. The lowest BCUT2D eigenvalue weighted by Gasteiger charge is -2.45. The second-order valence-corrected chi connectivity index (χ2v) is 5.29. The van der Waals surface area contributed by atoms with E-state index in [2.05, 4.69) is 15.5 Å². The second kappa shape index (κ2) is 4.88. The van der Waals surface area contributed by atoms with Gasteiger partial charge in [-0.15, -0.1) is 0 Å². The highest BCUT2D eigenvalue weighted by atomic mass is 35.5. The van der Waals surface area contributed by atoms with E-state index in [1.807, 2.05) is 24.3 Å². The molecular formula is C13H16ClN3O. The SMILES string of the molecule is O=C1CN2C(CNCC2c2ccc(Cl)cc2)CN1. The van der Waals surface area contributed by atoms with Gasteiger partial charge in [-0.25, -0.2) is 0 Å². The van der Waals surface area contributed by atoms with Crippen LogP contribution in [0.5, 0.6) is 0 Å². The van der Waals surface area contributed by atoms with Crippen LogP contribution in [0.15, 0.2) is 24.3 Å². The lowest BCUT2D eigenvalue weighted by molar-refractivity contribution is -0.127. The molecule has 2 atom stereocenters. The Morgan fingerprint density at radius 2 is 1.94 bits per heavy atom. The lowest BCUT2D eigenvalue weighted by atomic mass is 9.98. The number of nitrogens with zero attached hydrogens (tertiary/aromatic N) is 1. The van der Waals surface area contributed by atoms with E-state index in [9.17, 15) is 4.79 Å². The molecule has 3 rings (SSSR count). The number of nitrogens with one attached hydrogen (secondary N) is 2. The maximum absolute atomic E-state index is 11.6. The molecule has 0 spiro atoms. The van der Waals surface area contributed by atoms with Gasteiger partial charge >= 0.3 is 0 Å². The molecule has 2 N–H and O–H groups in total. The fourth-order valence-corrected chi connectivity index (χ4v) is 2.88. The van der Waals surface area contributed by atoms with Crippen LogP contribution in [-0.2, 0) is 4.79 Å². The number of rotatable bonds is 1. The number of carbonyl (C=O) groups is 1. The Hall–Kier alpha value is -1.10. The molecule has 0 saturated carbocycles. The van der Waals surface area contributed by atoms with Gasteiger partial charge in [-0.3, -0.25) is 9.69 Å². The molecule has 1 amide bonds. The van der Waals surface area contributed by atoms with E-state index in [1.165, 1.54) is 5.56 Å². The van der Waals surface area contributed by atoms with Crippen LogP contribution >= 0.6 is 11.6 Å². The van der Waals surface area contributed by atoms with Crippen LogP contribution in [0.4, 0.5) is 0 Å². The number of fused-ring (bicyclic) bond motifs is 1. The molecule has 1 aromatic rings. The summed E-state index contributed by atoms with van der Waals surface area (Å²) in [5, 5.41) is 7.10. The van der Waals surface area contributed by atoms with E-state index in [0.29, 0.717) is 12.6 Å². The maximum atomic E-state index is 11.6. The molecular weight excluding hydrogens is 250 g/mol. The molecule has 5 heteroatoms. The molecule has 4 nitrogen and oxygen atoms in total. The first kappa shape index (κ1) is 12.0. The van der Waals surface area contributed by atoms with Gasteiger partial charge in [-0.05, 0) is 17.7 Å². The van der Waals surface area contributed by atoms with Crippen molar-refractivity contribution >= 4 is 17.5 Å². The average Bonchev–Trinajstić information content (AvgIpc) is 2.39. The highest BCUT2D eigenvalue weighted by molar-refractivity contribution is 6.30. The molecule has 0 radical (unpaired) electrons. The fourth-order valence-electron chi connectivity index (χ4n) is 2.75. The van der Waals surface area contributed by atoms with E-state index < -0.39 is 0 Å². The van der Waals surface area contributed by atoms with Gasteiger partial charge in [0.2, 0.25) is 5.91 Å². The van der Waals surface area contributed by atoms with Gasteiger partial charge in [0.05, 0.1) is 6.54 Å². The van der Waals surface area contributed by atoms with Gasteiger partial charge in [0.15, 0.2) is 0 Å². The highest BCUT2D eigenvalue weighted by Gasteiger charge is 2.35. The van der Waals surface area contributed by atoms with Crippen molar-refractivity contribution in [2.45, 2.75) is 12.1 Å². The molecule has 0 aromatic heterocycles. The minimum Gasteiger partial charge on any atom is -0.353 e. The predicted octanol–water partition coefficient (Wildman–Crippen LogP) is 0.785. The predicted molar refractivity (Wildman–Crippen MR) is 70.6 cm³/mol. The number of benzene rings is 1. The first-order chi connectivity index (χ1) is 8.74. The minimum atomic E-state index is 0.118. The molecule has 0 bridgehead atoms. The van der Waals surface area contributed by atoms with Crippen LogP contribution in [0, 0.1) is 0 Å². The summed E-state index contributed by atoms with van der Waals surface area (Å²) in [6.45, 7) is 3.03. The maximum Gasteiger partial charge on any atom is 0.234 e. The van der Waals surface area contributed by atoms with E-state index >= 15 is 0 Å². The Balaban J connectivity index is 1.85. The standard InChI is InChI=1S/C13H16ClN3O/c14-10-3-1-9(2-4-10)12-7-15-5-11-6-16-13(18)8-17(11)12/h1-4,11-12,15H,5-8H2,(H,16,18). The third-order valence-electron chi connectivity index (χ3n) is 3.70. The number of piperazine rings is 2. The smallest absolute Gasteiger partial charge is 0.234 e. The number of carbonyl (C=O) groups excluding carboxylic acids is 1. The van der Waals surface area contributed by atoms with E-state index in [0.717, 1.165) is 24.7 Å². The van der Waals surface area contributed by atoms with Gasteiger partial charge < -0.3 is 10.6 Å². The minimum absolute atomic E-state index is 0.118.